The van der Waals surface area contributed by atoms with Gasteiger partial charge in [0.1, 0.15) is 5.82 Å². The van der Waals surface area contributed by atoms with Crippen LogP contribution in [0.15, 0.2) is 12.1 Å². The standard InChI is InChI=1S/C14H16Cl2N2O2/c1-7(2)14(3,13(19)20)6-12-17-10-4-8(15)9(16)5-11(10)18-12/h4-5,7H,6H2,1-3H3,(H,17,18)(H,19,20). The van der Waals surface area contributed by atoms with E-state index in [0.717, 1.165) is 5.52 Å². The summed E-state index contributed by atoms with van der Waals surface area (Å²) in [4.78, 5) is 19.0. The van der Waals surface area contributed by atoms with Crippen LogP contribution in [-0.2, 0) is 11.2 Å². The molecule has 0 aliphatic heterocycles. The molecule has 0 amide bonds. The van der Waals surface area contributed by atoms with Crippen LogP contribution in [0.4, 0.5) is 0 Å². The number of nitrogens with one attached hydrogen (secondary N) is 1. The van der Waals surface area contributed by atoms with Gasteiger partial charge in [0.05, 0.1) is 26.5 Å². The van der Waals surface area contributed by atoms with E-state index in [0.29, 0.717) is 27.8 Å². The average molecular weight is 315 g/mol. The molecule has 0 saturated carbocycles. The number of rotatable bonds is 4. The van der Waals surface area contributed by atoms with Crippen molar-refractivity contribution >= 4 is 40.2 Å². The maximum Gasteiger partial charge on any atom is 0.310 e. The highest BCUT2D eigenvalue weighted by atomic mass is 35.5. The topological polar surface area (TPSA) is 66.0 Å². The van der Waals surface area contributed by atoms with Gasteiger partial charge in [-0.15, -0.1) is 0 Å². The van der Waals surface area contributed by atoms with E-state index in [4.69, 9.17) is 23.2 Å². The molecule has 20 heavy (non-hydrogen) atoms. The first-order chi connectivity index (χ1) is 9.24. The van der Waals surface area contributed by atoms with E-state index in [9.17, 15) is 9.90 Å². The second kappa shape index (κ2) is 5.26. The average Bonchev–Trinajstić information content (AvgIpc) is 2.70. The summed E-state index contributed by atoms with van der Waals surface area (Å²) in [6, 6.07) is 3.37. The molecule has 1 atom stereocenters. The normalized spacial score (nSPS) is 14.7. The summed E-state index contributed by atoms with van der Waals surface area (Å²) < 4.78 is 0. The van der Waals surface area contributed by atoms with Crippen molar-refractivity contribution in [2.24, 2.45) is 11.3 Å². The van der Waals surface area contributed by atoms with Crippen LogP contribution in [0.3, 0.4) is 0 Å². The summed E-state index contributed by atoms with van der Waals surface area (Å²) in [5, 5.41) is 10.3. The fourth-order valence-electron chi connectivity index (χ4n) is 2.02. The van der Waals surface area contributed by atoms with Gasteiger partial charge in [0.15, 0.2) is 0 Å². The summed E-state index contributed by atoms with van der Waals surface area (Å²) in [5.74, 6) is -0.221. The van der Waals surface area contributed by atoms with Crippen LogP contribution < -0.4 is 0 Å². The minimum absolute atomic E-state index is 0.0135. The molecule has 2 rings (SSSR count). The fourth-order valence-corrected chi connectivity index (χ4v) is 2.34. The summed E-state index contributed by atoms with van der Waals surface area (Å²) in [7, 11) is 0. The molecule has 0 spiro atoms. The Hall–Kier alpha value is -1.26. The molecule has 1 aromatic carbocycles. The first-order valence-corrected chi connectivity index (χ1v) is 7.06. The number of carboxylic acid groups (broad SMARTS) is 1. The van der Waals surface area contributed by atoms with Gasteiger partial charge in [0.25, 0.3) is 0 Å². The van der Waals surface area contributed by atoms with Crippen molar-refractivity contribution < 1.29 is 9.90 Å². The van der Waals surface area contributed by atoms with E-state index in [2.05, 4.69) is 9.97 Å². The van der Waals surface area contributed by atoms with Crippen molar-refractivity contribution in [3.8, 4) is 0 Å². The molecule has 0 aliphatic carbocycles. The predicted molar refractivity (Wildman–Crippen MR) is 80.4 cm³/mol. The lowest BCUT2D eigenvalue weighted by Gasteiger charge is -2.27. The monoisotopic (exact) mass is 314 g/mol. The van der Waals surface area contributed by atoms with Crippen LogP contribution in [-0.4, -0.2) is 21.0 Å². The molecule has 1 aromatic heterocycles. The molecule has 108 valence electrons. The van der Waals surface area contributed by atoms with E-state index in [1.54, 1.807) is 19.1 Å². The lowest BCUT2D eigenvalue weighted by atomic mass is 9.76. The van der Waals surface area contributed by atoms with Crippen molar-refractivity contribution in [3.05, 3.63) is 28.0 Å². The number of imidazole rings is 1. The summed E-state index contributed by atoms with van der Waals surface area (Å²) in [6.45, 7) is 5.52. The van der Waals surface area contributed by atoms with Crippen LogP contribution in [0.2, 0.25) is 10.0 Å². The van der Waals surface area contributed by atoms with Gasteiger partial charge in [-0.3, -0.25) is 4.79 Å². The minimum Gasteiger partial charge on any atom is -0.481 e. The Morgan fingerprint density at radius 1 is 1.40 bits per heavy atom. The van der Waals surface area contributed by atoms with E-state index in [1.807, 2.05) is 13.8 Å². The lowest BCUT2D eigenvalue weighted by molar-refractivity contribution is -0.150. The van der Waals surface area contributed by atoms with Crippen molar-refractivity contribution in [3.63, 3.8) is 0 Å². The van der Waals surface area contributed by atoms with E-state index in [1.165, 1.54) is 0 Å². The molecule has 0 bridgehead atoms. The molecule has 1 unspecified atom stereocenters. The Kier molecular flexibility index (Phi) is 3.98. The lowest BCUT2D eigenvalue weighted by Crippen LogP contribution is -2.35. The molecule has 1 heterocycles. The van der Waals surface area contributed by atoms with Gasteiger partial charge in [-0.1, -0.05) is 37.0 Å². The zero-order valence-electron chi connectivity index (χ0n) is 11.5. The van der Waals surface area contributed by atoms with Crippen LogP contribution in [0.5, 0.6) is 0 Å². The SMILES string of the molecule is CC(C)C(C)(Cc1nc2cc(Cl)c(Cl)cc2[nH]1)C(=O)O. The van der Waals surface area contributed by atoms with Gasteiger partial charge < -0.3 is 10.1 Å². The number of carbonyl (C=O) groups is 1. The number of aromatic nitrogens is 2. The molecule has 2 N–H and O–H groups in total. The molecule has 0 fully saturated rings. The zero-order valence-corrected chi connectivity index (χ0v) is 13.0. The van der Waals surface area contributed by atoms with Crippen molar-refractivity contribution in [2.45, 2.75) is 27.2 Å². The van der Waals surface area contributed by atoms with Crippen molar-refractivity contribution in [1.29, 1.82) is 0 Å². The van der Waals surface area contributed by atoms with E-state index in [-0.39, 0.29) is 5.92 Å². The number of benzene rings is 1. The van der Waals surface area contributed by atoms with Crippen LogP contribution in [0.1, 0.15) is 26.6 Å². The Balaban J connectivity index is 2.41. The largest absolute Gasteiger partial charge is 0.481 e. The Morgan fingerprint density at radius 2 is 2.00 bits per heavy atom. The third-order valence-corrected chi connectivity index (χ3v) is 4.59. The maximum atomic E-state index is 11.5. The highest BCUT2D eigenvalue weighted by molar-refractivity contribution is 6.42. The molecule has 0 saturated heterocycles. The van der Waals surface area contributed by atoms with Gasteiger partial charge >= 0.3 is 5.97 Å². The van der Waals surface area contributed by atoms with Crippen LogP contribution >= 0.6 is 23.2 Å². The van der Waals surface area contributed by atoms with Crippen molar-refractivity contribution in [2.75, 3.05) is 0 Å². The quantitative estimate of drug-likeness (QED) is 0.890. The summed E-state index contributed by atoms with van der Waals surface area (Å²) in [5.41, 5.74) is 0.568. The number of fused-ring (bicyclic) bond motifs is 1. The number of H-pyrrole nitrogens is 1. The summed E-state index contributed by atoms with van der Waals surface area (Å²) >= 11 is 11.9. The van der Waals surface area contributed by atoms with Crippen molar-refractivity contribution in [1.82, 2.24) is 9.97 Å². The predicted octanol–water partition coefficient (Wildman–Crippen LogP) is 4.16. The zero-order chi connectivity index (χ0) is 15.1. The smallest absolute Gasteiger partial charge is 0.310 e. The highest BCUT2D eigenvalue weighted by Crippen LogP contribution is 2.32. The third kappa shape index (κ3) is 2.63. The number of hydrogen-bond acceptors (Lipinski definition) is 2. The first kappa shape index (κ1) is 15.1. The molecular formula is C14H16Cl2N2O2. The second-order valence-corrected chi connectivity index (χ2v) is 6.34. The molecular weight excluding hydrogens is 299 g/mol. The number of aliphatic carboxylic acids is 1. The van der Waals surface area contributed by atoms with Crippen LogP contribution in [0, 0.1) is 11.3 Å². The molecule has 0 aliphatic rings. The molecule has 4 nitrogen and oxygen atoms in total. The highest BCUT2D eigenvalue weighted by Gasteiger charge is 2.37. The maximum absolute atomic E-state index is 11.5. The van der Waals surface area contributed by atoms with Gasteiger partial charge in [-0.25, -0.2) is 4.98 Å². The minimum atomic E-state index is -0.874. The van der Waals surface area contributed by atoms with Gasteiger partial charge in [0, 0.05) is 6.42 Å². The number of halogens is 2. The van der Waals surface area contributed by atoms with Gasteiger partial charge in [-0.2, -0.15) is 0 Å². The molecule has 6 heteroatoms. The van der Waals surface area contributed by atoms with Gasteiger partial charge in [-0.05, 0) is 25.0 Å². The third-order valence-electron chi connectivity index (χ3n) is 3.87. The Bertz CT molecular complexity index is 627. The van der Waals surface area contributed by atoms with Crippen LogP contribution in [0.25, 0.3) is 11.0 Å². The van der Waals surface area contributed by atoms with Gasteiger partial charge in [0.2, 0.25) is 0 Å². The Labute approximate surface area is 127 Å². The Morgan fingerprint density at radius 3 is 2.55 bits per heavy atom. The number of carboxylic acids is 1. The van der Waals surface area contributed by atoms with E-state index >= 15 is 0 Å². The fraction of sp³-hybridized carbons (Fsp3) is 0.429. The number of nitrogens with zero attached hydrogens (tertiary/aromatic N) is 1. The second-order valence-electron chi connectivity index (χ2n) is 5.52. The molecule has 2 aromatic rings. The number of hydrogen-bond donors (Lipinski definition) is 2. The van der Waals surface area contributed by atoms with E-state index < -0.39 is 11.4 Å². The first-order valence-electron chi connectivity index (χ1n) is 6.31. The number of aromatic amines is 1. The summed E-state index contributed by atoms with van der Waals surface area (Å²) in [6.07, 6.45) is 0.323. The molecule has 0 radical (unpaired) electrons.